The number of aliphatic hydroxyl groups is 1. The average molecular weight is 144 g/mol. The van der Waals surface area contributed by atoms with Gasteiger partial charge in [0.15, 0.2) is 5.79 Å². The maximum absolute atomic E-state index is 9.65. The second-order valence-corrected chi connectivity index (χ2v) is 3.00. The molecule has 1 rings (SSSR count). The molecule has 0 aromatic rings. The summed E-state index contributed by atoms with van der Waals surface area (Å²) in [4.78, 5) is 0. The second-order valence-electron chi connectivity index (χ2n) is 3.00. The zero-order valence-corrected chi connectivity index (χ0v) is 6.60. The van der Waals surface area contributed by atoms with E-state index in [1.165, 1.54) is 0 Å². The molecule has 1 saturated heterocycles. The first-order chi connectivity index (χ1) is 4.77. The van der Waals surface area contributed by atoms with Gasteiger partial charge in [0, 0.05) is 12.8 Å². The molecular formula is C8H16O2. The van der Waals surface area contributed by atoms with Crippen molar-refractivity contribution in [3.63, 3.8) is 0 Å². The Bertz CT molecular complexity index is 89.9. The van der Waals surface area contributed by atoms with E-state index >= 15 is 0 Å². The van der Waals surface area contributed by atoms with Crippen LogP contribution in [0.2, 0.25) is 0 Å². The van der Waals surface area contributed by atoms with Gasteiger partial charge >= 0.3 is 0 Å². The van der Waals surface area contributed by atoms with Gasteiger partial charge in [-0.3, -0.25) is 0 Å². The maximum atomic E-state index is 9.65. The van der Waals surface area contributed by atoms with E-state index in [9.17, 15) is 5.11 Å². The first kappa shape index (κ1) is 8.02. The molecule has 0 amide bonds. The van der Waals surface area contributed by atoms with Crippen molar-refractivity contribution in [1.82, 2.24) is 0 Å². The Balaban J connectivity index is 2.32. The summed E-state index contributed by atoms with van der Waals surface area (Å²) in [6.45, 7) is 2.80. The van der Waals surface area contributed by atoms with Crippen molar-refractivity contribution in [3.8, 4) is 0 Å². The predicted octanol–water partition coefficient (Wildman–Crippen LogP) is 1.68. The minimum atomic E-state index is -0.771. The van der Waals surface area contributed by atoms with Crippen LogP contribution in [0.25, 0.3) is 0 Å². The van der Waals surface area contributed by atoms with Gasteiger partial charge in [-0.1, -0.05) is 13.3 Å². The maximum Gasteiger partial charge on any atom is 0.165 e. The van der Waals surface area contributed by atoms with Crippen LogP contribution in [0.4, 0.5) is 0 Å². The van der Waals surface area contributed by atoms with Crippen LogP contribution in [0.1, 0.15) is 39.0 Å². The van der Waals surface area contributed by atoms with Gasteiger partial charge in [-0.05, 0) is 12.8 Å². The van der Waals surface area contributed by atoms with Gasteiger partial charge in [0.05, 0.1) is 6.61 Å². The van der Waals surface area contributed by atoms with E-state index in [1.54, 1.807) is 0 Å². The number of rotatable bonds is 2. The molecule has 0 radical (unpaired) electrons. The van der Waals surface area contributed by atoms with Crippen LogP contribution in [0, 0.1) is 0 Å². The molecule has 0 aliphatic carbocycles. The Hall–Kier alpha value is -0.0800. The van der Waals surface area contributed by atoms with Crippen LogP contribution < -0.4 is 0 Å². The second kappa shape index (κ2) is 3.35. The summed E-state index contributed by atoms with van der Waals surface area (Å²) in [5.74, 6) is -0.771. The van der Waals surface area contributed by atoms with E-state index in [0.29, 0.717) is 0 Å². The van der Waals surface area contributed by atoms with Crippen molar-refractivity contribution in [2.24, 2.45) is 0 Å². The summed E-state index contributed by atoms with van der Waals surface area (Å²) in [6.07, 6.45) is 4.81. The van der Waals surface area contributed by atoms with Gasteiger partial charge in [-0.2, -0.15) is 0 Å². The molecule has 0 aromatic heterocycles. The molecule has 60 valence electrons. The highest BCUT2D eigenvalue weighted by Gasteiger charge is 2.28. The normalized spacial score (nSPS) is 34.2. The lowest BCUT2D eigenvalue weighted by Crippen LogP contribution is -2.35. The van der Waals surface area contributed by atoms with Gasteiger partial charge in [-0.25, -0.2) is 0 Å². The molecule has 1 unspecified atom stereocenters. The SMILES string of the molecule is CCCC1(O)CCCCO1. The number of hydrogen-bond acceptors (Lipinski definition) is 2. The topological polar surface area (TPSA) is 29.5 Å². The molecule has 10 heavy (non-hydrogen) atoms. The van der Waals surface area contributed by atoms with E-state index in [-0.39, 0.29) is 0 Å². The third-order valence-corrected chi connectivity index (χ3v) is 1.97. The largest absolute Gasteiger partial charge is 0.365 e. The van der Waals surface area contributed by atoms with Gasteiger partial charge in [-0.15, -0.1) is 0 Å². The zero-order valence-electron chi connectivity index (χ0n) is 6.60. The molecule has 2 heteroatoms. The van der Waals surface area contributed by atoms with Crippen molar-refractivity contribution in [2.75, 3.05) is 6.61 Å². The molecule has 1 N–H and O–H groups in total. The van der Waals surface area contributed by atoms with Crippen LogP contribution in [-0.4, -0.2) is 17.5 Å². The van der Waals surface area contributed by atoms with E-state index in [0.717, 1.165) is 38.7 Å². The van der Waals surface area contributed by atoms with Crippen LogP contribution in [0.3, 0.4) is 0 Å². The molecule has 1 aliphatic rings. The molecule has 0 spiro atoms. The minimum Gasteiger partial charge on any atom is -0.365 e. The molecule has 0 saturated carbocycles. The van der Waals surface area contributed by atoms with Gasteiger partial charge in [0.2, 0.25) is 0 Å². The quantitative estimate of drug-likeness (QED) is 0.639. The fraction of sp³-hybridized carbons (Fsp3) is 1.00. The smallest absolute Gasteiger partial charge is 0.165 e. The highest BCUT2D eigenvalue weighted by molar-refractivity contribution is 4.70. The van der Waals surface area contributed by atoms with Crippen LogP contribution >= 0.6 is 0 Å². The van der Waals surface area contributed by atoms with Crippen LogP contribution in [-0.2, 0) is 4.74 Å². The lowest BCUT2D eigenvalue weighted by molar-refractivity contribution is -0.228. The van der Waals surface area contributed by atoms with Crippen LogP contribution in [0.15, 0.2) is 0 Å². The lowest BCUT2D eigenvalue weighted by Gasteiger charge is -2.31. The highest BCUT2D eigenvalue weighted by Crippen LogP contribution is 2.26. The Kier molecular flexibility index (Phi) is 2.69. The third-order valence-electron chi connectivity index (χ3n) is 1.97. The first-order valence-corrected chi connectivity index (χ1v) is 4.13. The summed E-state index contributed by atoms with van der Waals surface area (Å²) in [7, 11) is 0. The summed E-state index contributed by atoms with van der Waals surface area (Å²) in [6, 6.07) is 0. The summed E-state index contributed by atoms with van der Waals surface area (Å²) < 4.78 is 5.26. The predicted molar refractivity (Wildman–Crippen MR) is 39.7 cm³/mol. The van der Waals surface area contributed by atoms with Gasteiger partial charge in [0.25, 0.3) is 0 Å². The standard InChI is InChI=1S/C8H16O2/c1-2-5-8(9)6-3-4-7-10-8/h9H,2-7H2,1H3. The first-order valence-electron chi connectivity index (χ1n) is 4.13. The fourth-order valence-electron chi connectivity index (χ4n) is 1.43. The van der Waals surface area contributed by atoms with Crippen LogP contribution in [0.5, 0.6) is 0 Å². The van der Waals surface area contributed by atoms with E-state index in [2.05, 4.69) is 6.92 Å². The number of ether oxygens (including phenoxy) is 1. The van der Waals surface area contributed by atoms with Crippen molar-refractivity contribution in [1.29, 1.82) is 0 Å². The van der Waals surface area contributed by atoms with E-state index in [1.807, 2.05) is 0 Å². The molecule has 1 fully saturated rings. The average Bonchev–Trinajstić information content (AvgIpc) is 1.89. The zero-order chi connectivity index (χ0) is 7.45. The number of hydrogen-bond donors (Lipinski definition) is 1. The highest BCUT2D eigenvalue weighted by atomic mass is 16.6. The Morgan fingerprint density at radius 3 is 2.80 bits per heavy atom. The van der Waals surface area contributed by atoms with Gasteiger partial charge < -0.3 is 9.84 Å². The van der Waals surface area contributed by atoms with Crippen molar-refractivity contribution >= 4 is 0 Å². The van der Waals surface area contributed by atoms with Gasteiger partial charge in [0.1, 0.15) is 0 Å². The minimum absolute atomic E-state index is 0.733. The third kappa shape index (κ3) is 1.96. The summed E-state index contributed by atoms with van der Waals surface area (Å²) in [5, 5.41) is 9.65. The lowest BCUT2D eigenvalue weighted by atomic mass is 10.0. The Morgan fingerprint density at radius 2 is 2.30 bits per heavy atom. The molecule has 1 atom stereocenters. The summed E-state index contributed by atoms with van der Waals surface area (Å²) in [5.41, 5.74) is 0. The monoisotopic (exact) mass is 144 g/mol. The molecule has 1 aliphatic heterocycles. The van der Waals surface area contributed by atoms with Crippen molar-refractivity contribution in [3.05, 3.63) is 0 Å². The van der Waals surface area contributed by atoms with Crippen molar-refractivity contribution in [2.45, 2.75) is 44.8 Å². The Labute approximate surface area is 62.2 Å². The molecule has 2 nitrogen and oxygen atoms in total. The summed E-state index contributed by atoms with van der Waals surface area (Å²) >= 11 is 0. The van der Waals surface area contributed by atoms with Crippen molar-refractivity contribution < 1.29 is 9.84 Å². The van der Waals surface area contributed by atoms with E-state index in [4.69, 9.17) is 4.74 Å². The molecule has 0 aromatic carbocycles. The fourth-order valence-corrected chi connectivity index (χ4v) is 1.43. The van der Waals surface area contributed by atoms with E-state index < -0.39 is 5.79 Å². The molecule has 0 bridgehead atoms. The Morgan fingerprint density at radius 1 is 1.50 bits per heavy atom. The molecular weight excluding hydrogens is 128 g/mol. The molecule has 1 heterocycles.